The van der Waals surface area contributed by atoms with E-state index < -0.39 is 5.97 Å². The average molecular weight is 284 g/mol. The maximum atomic E-state index is 11.3. The van der Waals surface area contributed by atoms with Gasteiger partial charge >= 0.3 is 5.97 Å². The van der Waals surface area contributed by atoms with Gasteiger partial charge in [-0.05, 0) is 41.1 Å². The van der Waals surface area contributed by atoms with Crippen LogP contribution < -0.4 is 5.32 Å². The van der Waals surface area contributed by atoms with Crippen molar-refractivity contribution in [1.82, 2.24) is 0 Å². The van der Waals surface area contributed by atoms with Gasteiger partial charge < -0.3 is 10.4 Å². The number of benzene rings is 1. The Balaban J connectivity index is 3.11. The number of rotatable bonds is 3. The monoisotopic (exact) mass is 283 g/mol. The molecule has 0 saturated carbocycles. The number of hydrogen-bond donors (Lipinski definition) is 2. The van der Waals surface area contributed by atoms with E-state index in [-0.39, 0.29) is 17.2 Å². The Labute approximate surface area is 101 Å². The summed E-state index contributed by atoms with van der Waals surface area (Å²) in [5.74, 6) is -1.45. The van der Waals surface area contributed by atoms with Gasteiger partial charge in [-0.25, -0.2) is 4.79 Å². The first-order chi connectivity index (χ1) is 7.56. The van der Waals surface area contributed by atoms with Crippen molar-refractivity contribution in [2.24, 2.45) is 0 Å². The van der Waals surface area contributed by atoms with E-state index in [1.807, 2.05) is 0 Å². The topological polar surface area (TPSA) is 66.4 Å². The molecule has 0 unspecified atom stereocenters. The van der Waals surface area contributed by atoms with Crippen molar-refractivity contribution in [2.75, 3.05) is 5.32 Å². The van der Waals surface area contributed by atoms with Gasteiger partial charge in [0.15, 0.2) is 0 Å². The first kappa shape index (κ1) is 12.4. The molecular weight excluding hydrogens is 274 g/mol. The number of carbonyl (C=O) groups excluding carboxylic acids is 1. The smallest absolute Gasteiger partial charge is 0.337 e. The van der Waals surface area contributed by atoms with Gasteiger partial charge in [-0.1, -0.05) is 12.1 Å². The third kappa shape index (κ3) is 2.93. The molecule has 16 heavy (non-hydrogen) atoms. The minimum Gasteiger partial charge on any atom is -0.478 e. The molecule has 1 aromatic carbocycles. The zero-order chi connectivity index (χ0) is 12.1. The number of amides is 1. The van der Waals surface area contributed by atoms with Crippen LogP contribution in [-0.4, -0.2) is 17.0 Å². The third-order valence-electron chi connectivity index (χ3n) is 1.81. The zero-order valence-electron chi connectivity index (χ0n) is 8.53. The summed E-state index contributed by atoms with van der Waals surface area (Å²) in [5.41, 5.74) is 0.310. The molecule has 0 bridgehead atoms. The van der Waals surface area contributed by atoms with Crippen LogP contribution in [0.2, 0.25) is 0 Å². The van der Waals surface area contributed by atoms with Crippen LogP contribution in [0.15, 0.2) is 34.8 Å². The van der Waals surface area contributed by atoms with Crippen molar-refractivity contribution in [3.63, 3.8) is 0 Å². The summed E-state index contributed by atoms with van der Waals surface area (Å²) in [6.45, 7) is 1.71. The van der Waals surface area contributed by atoms with Crippen LogP contribution in [0.5, 0.6) is 0 Å². The van der Waals surface area contributed by atoms with Crippen LogP contribution in [0, 0.1) is 0 Å². The van der Waals surface area contributed by atoms with Gasteiger partial charge in [0.2, 0.25) is 5.91 Å². The molecule has 0 heterocycles. The Morgan fingerprint density at radius 3 is 2.69 bits per heavy atom. The van der Waals surface area contributed by atoms with Crippen LogP contribution in [0.1, 0.15) is 17.3 Å². The number of nitrogens with one attached hydrogen (secondary N) is 1. The molecule has 1 aromatic rings. The molecule has 0 aromatic heterocycles. The number of aromatic carboxylic acids is 1. The maximum absolute atomic E-state index is 11.3. The van der Waals surface area contributed by atoms with E-state index >= 15 is 0 Å². The molecule has 1 rings (SSSR count). The Morgan fingerprint density at radius 2 is 2.12 bits per heavy atom. The van der Waals surface area contributed by atoms with E-state index in [0.29, 0.717) is 4.47 Å². The fraction of sp³-hybridized carbons (Fsp3) is 0.0909. The fourth-order valence-corrected chi connectivity index (χ4v) is 1.61. The first-order valence-corrected chi connectivity index (χ1v) is 5.31. The van der Waals surface area contributed by atoms with Gasteiger partial charge in [0.25, 0.3) is 0 Å². The summed E-state index contributed by atoms with van der Waals surface area (Å²) < 4.78 is 0.533. The van der Waals surface area contributed by atoms with Crippen LogP contribution in [-0.2, 0) is 4.79 Å². The largest absolute Gasteiger partial charge is 0.478 e. The van der Waals surface area contributed by atoms with Crippen LogP contribution in [0.25, 0.3) is 0 Å². The van der Waals surface area contributed by atoms with E-state index in [1.54, 1.807) is 25.1 Å². The predicted molar refractivity (Wildman–Crippen MR) is 64.5 cm³/mol. The summed E-state index contributed by atoms with van der Waals surface area (Å²) in [4.78, 5) is 22.3. The normalized spacial score (nSPS) is 10.4. The van der Waals surface area contributed by atoms with Crippen LogP contribution in [0.4, 0.5) is 5.69 Å². The molecule has 84 valence electrons. The van der Waals surface area contributed by atoms with Crippen molar-refractivity contribution in [1.29, 1.82) is 0 Å². The quantitative estimate of drug-likeness (QED) is 0.838. The Morgan fingerprint density at radius 1 is 1.44 bits per heavy atom. The second-order valence-electron chi connectivity index (χ2n) is 2.96. The van der Waals surface area contributed by atoms with Crippen LogP contribution in [0.3, 0.4) is 0 Å². The number of carboxylic acids is 1. The summed E-state index contributed by atoms with van der Waals surface area (Å²) in [6, 6.07) is 4.69. The minimum atomic E-state index is -1.09. The van der Waals surface area contributed by atoms with Crippen molar-refractivity contribution in [2.45, 2.75) is 6.92 Å². The summed E-state index contributed by atoms with van der Waals surface area (Å²) in [6.07, 6.45) is 2.90. The summed E-state index contributed by atoms with van der Waals surface area (Å²) >= 11 is 3.19. The Kier molecular flexibility index (Phi) is 4.25. The number of hydrogen-bond acceptors (Lipinski definition) is 2. The van der Waals surface area contributed by atoms with Gasteiger partial charge in [-0.3, -0.25) is 4.79 Å². The molecular formula is C11H10BrNO3. The minimum absolute atomic E-state index is 0.0484. The molecule has 1 amide bonds. The molecule has 0 saturated heterocycles. The highest BCUT2D eigenvalue weighted by Gasteiger charge is 2.13. The van der Waals surface area contributed by atoms with E-state index in [0.717, 1.165) is 0 Å². The lowest BCUT2D eigenvalue weighted by atomic mass is 10.2. The summed E-state index contributed by atoms with van der Waals surface area (Å²) in [5, 5.41) is 11.5. The lowest BCUT2D eigenvalue weighted by Crippen LogP contribution is -2.12. The highest BCUT2D eigenvalue weighted by molar-refractivity contribution is 9.10. The fourth-order valence-electron chi connectivity index (χ4n) is 1.15. The molecule has 0 aliphatic carbocycles. The molecule has 0 aliphatic rings. The number of allylic oxidation sites excluding steroid dienone is 1. The SMILES string of the molecule is CC=CC(=O)Nc1c(Br)cccc1C(=O)O. The number of anilines is 1. The molecule has 0 radical (unpaired) electrons. The molecule has 0 fully saturated rings. The van der Waals surface area contributed by atoms with Crippen molar-refractivity contribution < 1.29 is 14.7 Å². The number of carbonyl (C=O) groups is 2. The van der Waals surface area contributed by atoms with E-state index in [9.17, 15) is 9.59 Å². The highest BCUT2D eigenvalue weighted by Crippen LogP contribution is 2.26. The number of para-hydroxylation sites is 1. The number of carboxylic acid groups (broad SMARTS) is 1. The summed E-state index contributed by atoms with van der Waals surface area (Å²) in [7, 11) is 0. The molecule has 2 N–H and O–H groups in total. The Bertz CT molecular complexity index is 455. The van der Waals surface area contributed by atoms with E-state index in [4.69, 9.17) is 5.11 Å². The second-order valence-corrected chi connectivity index (χ2v) is 3.81. The first-order valence-electron chi connectivity index (χ1n) is 4.51. The zero-order valence-corrected chi connectivity index (χ0v) is 10.1. The predicted octanol–water partition coefficient (Wildman–Crippen LogP) is 2.66. The Hall–Kier alpha value is -1.62. The average Bonchev–Trinajstić information content (AvgIpc) is 2.21. The third-order valence-corrected chi connectivity index (χ3v) is 2.47. The van der Waals surface area contributed by atoms with Gasteiger partial charge in [-0.2, -0.15) is 0 Å². The molecule has 5 heteroatoms. The molecule has 0 aliphatic heterocycles. The van der Waals surface area contributed by atoms with Crippen LogP contribution >= 0.6 is 15.9 Å². The molecule has 0 atom stereocenters. The van der Waals surface area contributed by atoms with E-state index in [1.165, 1.54) is 12.1 Å². The maximum Gasteiger partial charge on any atom is 0.337 e. The van der Waals surface area contributed by atoms with Crippen molar-refractivity contribution >= 4 is 33.5 Å². The standard InChI is InChI=1S/C11H10BrNO3/c1-2-4-9(14)13-10-7(11(15)16)5-3-6-8(10)12/h2-6H,1H3,(H,13,14)(H,15,16). The lowest BCUT2D eigenvalue weighted by molar-refractivity contribution is -0.111. The van der Waals surface area contributed by atoms with Crippen molar-refractivity contribution in [3.05, 3.63) is 40.4 Å². The number of halogens is 1. The van der Waals surface area contributed by atoms with Crippen molar-refractivity contribution in [3.8, 4) is 0 Å². The van der Waals surface area contributed by atoms with E-state index in [2.05, 4.69) is 21.2 Å². The molecule has 4 nitrogen and oxygen atoms in total. The lowest BCUT2D eigenvalue weighted by Gasteiger charge is -2.08. The highest BCUT2D eigenvalue weighted by atomic mass is 79.9. The van der Waals surface area contributed by atoms with Gasteiger partial charge in [0.05, 0.1) is 11.3 Å². The second kappa shape index (κ2) is 5.46. The van der Waals surface area contributed by atoms with Gasteiger partial charge in [0.1, 0.15) is 0 Å². The van der Waals surface area contributed by atoms with Gasteiger partial charge in [-0.15, -0.1) is 0 Å². The van der Waals surface area contributed by atoms with Gasteiger partial charge in [0, 0.05) is 4.47 Å². The molecule has 0 spiro atoms.